The van der Waals surface area contributed by atoms with Gasteiger partial charge in [-0.3, -0.25) is 4.79 Å². The third-order valence-electron chi connectivity index (χ3n) is 2.29. The molecule has 0 radical (unpaired) electrons. The fourth-order valence-electron chi connectivity index (χ4n) is 1.50. The molecule has 0 atom stereocenters. The predicted octanol–water partition coefficient (Wildman–Crippen LogP) is 1.56. The number of anilines is 1. The third kappa shape index (κ3) is 2.99. The van der Waals surface area contributed by atoms with Crippen molar-refractivity contribution in [2.45, 2.75) is 6.92 Å². The zero-order valence-corrected chi connectivity index (χ0v) is 9.22. The van der Waals surface area contributed by atoms with Crippen molar-refractivity contribution in [1.82, 2.24) is 0 Å². The molecule has 0 unspecified atom stereocenters. The number of benzene rings is 1. The van der Waals surface area contributed by atoms with Gasteiger partial charge in [-0.1, -0.05) is 12.1 Å². The van der Waals surface area contributed by atoms with E-state index in [-0.39, 0.29) is 0 Å². The van der Waals surface area contributed by atoms with Crippen LogP contribution in [0.1, 0.15) is 12.5 Å². The lowest BCUT2D eigenvalue weighted by atomic mass is 10.2. The van der Waals surface area contributed by atoms with E-state index in [4.69, 9.17) is 5.26 Å². The van der Waals surface area contributed by atoms with Gasteiger partial charge in [-0.15, -0.1) is 0 Å². The van der Waals surface area contributed by atoms with Gasteiger partial charge in [0.15, 0.2) is 0 Å². The van der Waals surface area contributed by atoms with E-state index in [0.717, 1.165) is 12.2 Å². The Labute approximate surface area is 95.0 Å². The lowest BCUT2D eigenvalue weighted by Crippen LogP contribution is -2.27. The highest BCUT2D eigenvalue weighted by Gasteiger charge is 2.08. The molecule has 4 nitrogen and oxygen atoms in total. The summed E-state index contributed by atoms with van der Waals surface area (Å²) in [7, 11) is 0. The first-order chi connectivity index (χ1) is 7.83. The first kappa shape index (κ1) is 12.1. The van der Waals surface area contributed by atoms with E-state index in [1.807, 2.05) is 30.0 Å². The summed E-state index contributed by atoms with van der Waals surface area (Å²) in [6.45, 7) is 4.12. The van der Waals surface area contributed by atoms with Crippen molar-refractivity contribution >= 4 is 12.2 Å². The summed E-state index contributed by atoms with van der Waals surface area (Å²) >= 11 is 0. The summed E-state index contributed by atoms with van der Waals surface area (Å²) in [4.78, 5) is 12.0. The maximum absolute atomic E-state index is 10.0. The molecular formula is C12H14N2O2. The number of likely N-dealkylation sites (N-methyl/N-ethyl adjacent to an activating group) is 1. The van der Waals surface area contributed by atoms with Crippen LogP contribution in [0.3, 0.4) is 0 Å². The number of rotatable bonds is 6. The quantitative estimate of drug-likeness (QED) is 0.537. The summed E-state index contributed by atoms with van der Waals surface area (Å²) in [5, 5.41) is 8.97. The van der Waals surface area contributed by atoms with Crippen LogP contribution in [-0.2, 0) is 9.53 Å². The van der Waals surface area contributed by atoms with Gasteiger partial charge in [0.25, 0.3) is 6.47 Å². The summed E-state index contributed by atoms with van der Waals surface area (Å²) in [5.74, 6) is 0. The number of para-hydroxylation sites is 1. The number of nitriles is 1. The molecule has 1 aromatic rings. The molecular weight excluding hydrogens is 204 g/mol. The molecule has 0 fully saturated rings. The second-order valence-corrected chi connectivity index (χ2v) is 3.18. The molecule has 0 saturated carbocycles. The van der Waals surface area contributed by atoms with Crippen LogP contribution in [0.15, 0.2) is 24.3 Å². The van der Waals surface area contributed by atoms with E-state index in [9.17, 15) is 4.79 Å². The highest BCUT2D eigenvalue weighted by molar-refractivity contribution is 5.59. The Balaban J connectivity index is 2.78. The number of ether oxygens (including phenoxy) is 1. The minimum Gasteiger partial charge on any atom is -0.466 e. The van der Waals surface area contributed by atoms with Crippen molar-refractivity contribution in [3.05, 3.63) is 29.8 Å². The fourth-order valence-corrected chi connectivity index (χ4v) is 1.50. The number of hydrogen-bond donors (Lipinski definition) is 0. The van der Waals surface area contributed by atoms with Gasteiger partial charge in [-0.25, -0.2) is 0 Å². The third-order valence-corrected chi connectivity index (χ3v) is 2.29. The molecule has 0 aliphatic carbocycles. The minimum absolute atomic E-state index is 0.330. The van der Waals surface area contributed by atoms with Crippen molar-refractivity contribution in [1.29, 1.82) is 5.26 Å². The maximum Gasteiger partial charge on any atom is 0.293 e. The van der Waals surface area contributed by atoms with Crippen LogP contribution in [0.5, 0.6) is 0 Å². The van der Waals surface area contributed by atoms with Gasteiger partial charge in [0.2, 0.25) is 0 Å². The molecule has 1 aromatic carbocycles. The number of nitrogens with zero attached hydrogens (tertiary/aromatic N) is 2. The van der Waals surface area contributed by atoms with E-state index in [1.165, 1.54) is 0 Å². The average molecular weight is 218 g/mol. The highest BCUT2D eigenvalue weighted by Crippen LogP contribution is 2.18. The van der Waals surface area contributed by atoms with Crippen molar-refractivity contribution in [3.63, 3.8) is 0 Å². The Morgan fingerprint density at radius 1 is 1.50 bits per heavy atom. The zero-order valence-electron chi connectivity index (χ0n) is 9.22. The summed E-state index contributed by atoms with van der Waals surface area (Å²) < 4.78 is 4.66. The van der Waals surface area contributed by atoms with Crippen LogP contribution in [0.25, 0.3) is 0 Å². The molecule has 0 aliphatic heterocycles. The Morgan fingerprint density at radius 2 is 2.25 bits per heavy atom. The normalized spacial score (nSPS) is 9.25. The van der Waals surface area contributed by atoms with E-state index in [1.54, 1.807) is 6.07 Å². The van der Waals surface area contributed by atoms with E-state index in [2.05, 4.69) is 10.8 Å². The van der Waals surface area contributed by atoms with Gasteiger partial charge < -0.3 is 9.64 Å². The van der Waals surface area contributed by atoms with Crippen LogP contribution in [0.4, 0.5) is 5.69 Å². The van der Waals surface area contributed by atoms with Crippen LogP contribution in [0.2, 0.25) is 0 Å². The van der Waals surface area contributed by atoms with E-state index < -0.39 is 0 Å². The molecule has 1 rings (SSSR count). The van der Waals surface area contributed by atoms with E-state index >= 15 is 0 Å². The van der Waals surface area contributed by atoms with Crippen LogP contribution in [0, 0.1) is 11.3 Å². The first-order valence-electron chi connectivity index (χ1n) is 5.12. The van der Waals surface area contributed by atoms with Crippen molar-refractivity contribution in [2.75, 3.05) is 24.6 Å². The Morgan fingerprint density at radius 3 is 2.88 bits per heavy atom. The monoisotopic (exact) mass is 218 g/mol. The lowest BCUT2D eigenvalue weighted by molar-refractivity contribution is -0.128. The summed E-state index contributed by atoms with van der Waals surface area (Å²) in [6.07, 6.45) is 0. The topological polar surface area (TPSA) is 53.3 Å². The van der Waals surface area contributed by atoms with Gasteiger partial charge in [-0.05, 0) is 19.1 Å². The molecule has 0 amide bonds. The molecule has 16 heavy (non-hydrogen) atoms. The average Bonchev–Trinajstić information content (AvgIpc) is 2.35. The molecule has 0 N–H and O–H groups in total. The largest absolute Gasteiger partial charge is 0.466 e. The Bertz CT molecular complexity index is 385. The molecule has 0 saturated heterocycles. The van der Waals surface area contributed by atoms with Gasteiger partial charge >= 0.3 is 0 Å². The van der Waals surface area contributed by atoms with Gasteiger partial charge in [-0.2, -0.15) is 5.26 Å². The smallest absolute Gasteiger partial charge is 0.293 e. The molecule has 0 aromatic heterocycles. The predicted molar refractivity (Wildman–Crippen MR) is 61.1 cm³/mol. The van der Waals surface area contributed by atoms with Crippen LogP contribution >= 0.6 is 0 Å². The molecule has 0 heterocycles. The highest BCUT2D eigenvalue weighted by atomic mass is 16.5. The van der Waals surface area contributed by atoms with E-state index in [0.29, 0.717) is 25.2 Å². The summed E-state index contributed by atoms with van der Waals surface area (Å²) in [6, 6.07) is 9.54. The Hall–Kier alpha value is -2.02. The molecule has 0 spiro atoms. The van der Waals surface area contributed by atoms with Gasteiger partial charge in [0.05, 0.1) is 17.8 Å². The Kier molecular flexibility index (Phi) is 4.87. The molecule has 4 heteroatoms. The fraction of sp³-hybridized carbons (Fsp3) is 0.333. The minimum atomic E-state index is 0.330. The summed E-state index contributed by atoms with van der Waals surface area (Å²) in [5.41, 5.74) is 1.51. The number of carbonyl (C=O) groups is 1. The SMILES string of the molecule is CCN(CCOC=O)c1ccccc1C#N. The number of hydrogen-bond acceptors (Lipinski definition) is 4. The lowest BCUT2D eigenvalue weighted by Gasteiger charge is -2.23. The van der Waals surface area contributed by atoms with Gasteiger partial charge in [0, 0.05) is 6.54 Å². The van der Waals surface area contributed by atoms with Crippen molar-refractivity contribution in [3.8, 4) is 6.07 Å². The number of carbonyl (C=O) groups excluding carboxylic acids is 1. The standard InChI is InChI=1S/C12H14N2O2/c1-2-14(7-8-16-10-15)12-6-4-3-5-11(12)9-13/h3-6,10H,2,7-8H2,1H3. The molecule has 84 valence electrons. The maximum atomic E-state index is 10.0. The van der Waals surface area contributed by atoms with Crippen LogP contribution in [-0.4, -0.2) is 26.2 Å². The van der Waals surface area contributed by atoms with Crippen molar-refractivity contribution < 1.29 is 9.53 Å². The van der Waals surface area contributed by atoms with Crippen LogP contribution < -0.4 is 4.90 Å². The molecule has 0 aliphatic rings. The van der Waals surface area contributed by atoms with Crippen molar-refractivity contribution in [2.24, 2.45) is 0 Å². The second kappa shape index (κ2) is 6.46. The van der Waals surface area contributed by atoms with Gasteiger partial charge in [0.1, 0.15) is 12.7 Å². The zero-order chi connectivity index (χ0) is 11.8. The molecule has 0 bridgehead atoms. The second-order valence-electron chi connectivity index (χ2n) is 3.18. The first-order valence-corrected chi connectivity index (χ1v) is 5.12.